The van der Waals surface area contributed by atoms with Crippen LogP contribution in [0.3, 0.4) is 0 Å². The Morgan fingerprint density at radius 1 is 1.22 bits per heavy atom. The molecule has 0 radical (unpaired) electrons. The average molecular weight is 413 g/mol. The predicted octanol–water partition coefficient (Wildman–Crippen LogP) is 4.65. The zero-order chi connectivity index (χ0) is 18.7. The van der Waals surface area contributed by atoms with Crippen LogP contribution in [0.5, 0.6) is 5.75 Å². The van der Waals surface area contributed by atoms with E-state index in [1.165, 1.54) is 23.1 Å². The van der Waals surface area contributed by atoms with Gasteiger partial charge in [0.05, 0.1) is 10.6 Å². The molecular formula is C20H23Cl2FN2O2. The number of ether oxygens (including phenoxy) is 1. The fourth-order valence-electron chi connectivity index (χ4n) is 3.05. The summed E-state index contributed by atoms with van der Waals surface area (Å²) in [5.74, 6) is -0.422. The Bertz CT molecular complexity index is 775. The van der Waals surface area contributed by atoms with Crippen molar-refractivity contribution in [2.24, 2.45) is 0 Å². The summed E-state index contributed by atoms with van der Waals surface area (Å²) in [5.41, 5.74) is 0.498. The molecule has 7 heteroatoms. The van der Waals surface area contributed by atoms with E-state index in [4.69, 9.17) is 16.3 Å². The van der Waals surface area contributed by atoms with Gasteiger partial charge < -0.3 is 14.5 Å². The third-order valence-corrected chi connectivity index (χ3v) is 4.97. The van der Waals surface area contributed by atoms with E-state index in [0.717, 1.165) is 25.9 Å². The maximum Gasteiger partial charge on any atom is 0.262 e. The molecule has 0 spiro atoms. The zero-order valence-electron chi connectivity index (χ0n) is 15.3. The van der Waals surface area contributed by atoms with Gasteiger partial charge in [0, 0.05) is 31.9 Å². The van der Waals surface area contributed by atoms with Crippen LogP contribution in [0, 0.1) is 5.82 Å². The molecule has 0 atom stereocenters. The zero-order valence-corrected chi connectivity index (χ0v) is 16.9. The molecule has 0 unspecified atom stereocenters. The van der Waals surface area contributed by atoms with Gasteiger partial charge in [-0.3, -0.25) is 4.79 Å². The number of halogens is 3. The van der Waals surface area contributed by atoms with E-state index >= 15 is 0 Å². The predicted molar refractivity (Wildman–Crippen MR) is 109 cm³/mol. The van der Waals surface area contributed by atoms with E-state index < -0.39 is 11.7 Å². The van der Waals surface area contributed by atoms with Crippen LogP contribution in [0.4, 0.5) is 10.1 Å². The summed E-state index contributed by atoms with van der Waals surface area (Å²) in [4.78, 5) is 16.3. The maximum atomic E-state index is 14.0. The van der Waals surface area contributed by atoms with Crippen molar-refractivity contribution in [2.45, 2.75) is 18.9 Å². The van der Waals surface area contributed by atoms with Crippen LogP contribution < -0.4 is 9.64 Å². The van der Waals surface area contributed by atoms with Gasteiger partial charge in [-0.15, -0.1) is 12.4 Å². The number of likely N-dealkylation sites (tertiary alicyclic amines) is 1. The Balaban J connectivity index is 0.00000261. The van der Waals surface area contributed by atoms with Crippen molar-refractivity contribution in [3.63, 3.8) is 0 Å². The van der Waals surface area contributed by atoms with Crippen LogP contribution in [0.1, 0.15) is 23.2 Å². The molecule has 1 aliphatic heterocycles. The molecule has 1 fully saturated rings. The molecule has 2 aromatic rings. The number of carbonyl (C=O) groups is 1. The van der Waals surface area contributed by atoms with Crippen LogP contribution in [-0.4, -0.2) is 44.1 Å². The fraction of sp³-hybridized carbons (Fsp3) is 0.350. The number of anilines is 1. The van der Waals surface area contributed by atoms with E-state index in [1.807, 2.05) is 12.1 Å². The third-order valence-electron chi connectivity index (χ3n) is 4.65. The second-order valence-corrected chi connectivity index (χ2v) is 6.99. The molecule has 0 aliphatic carbocycles. The molecule has 2 aromatic carbocycles. The highest BCUT2D eigenvalue weighted by molar-refractivity contribution is 6.34. The first-order valence-electron chi connectivity index (χ1n) is 8.63. The summed E-state index contributed by atoms with van der Waals surface area (Å²) in [6.45, 7) is 2.02. The SMILES string of the molecule is CN1CCC(Oc2cccc(N(C)C(=O)c3c(F)cccc3Cl)c2)CC1.Cl. The minimum absolute atomic E-state index is 0. The summed E-state index contributed by atoms with van der Waals surface area (Å²) in [5, 5.41) is 0.0978. The van der Waals surface area contributed by atoms with Crippen LogP contribution in [0.25, 0.3) is 0 Å². The van der Waals surface area contributed by atoms with Crippen LogP contribution in [-0.2, 0) is 0 Å². The summed E-state index contributed by atoms with van der Waals surface area (Å²) in [6.07, 6.45) is 2.11. The van der Waals surface area contributed by atoms with Gasteiger partial charge in [-0.05, 0) is 44.2 Å². The molecule has 0 N–H and O–H groups in total. The molecule has 1 saturated heterocycles. The number of benzene rings is 2. The van der Waals surface area contributed by atoms with Crippen molar-refractivity contribution in [1.82, 2.24) is 4.90 Å². The lowest BCUT2D eigenvalue weighted by Crippen LogP contribution is -2.35. The number of nitrogens with zero attached hydrogens (tertiary/aromatic N) is 2. The smallest absolute Gasteiger partial charge is 0.262 e. The number of hydrogen-bond acceptors (Lipinski definition) is 3. The Kier molecular flexibility index (Phi) is 7.48. The van der Waals surface area contributed by atoms with Crippen molar-refractivity contribution in [3.8, 4) is 5.75 Å². The fourth-order valence-corrected chi connectivity index (χ4v) is 3.29. The lowest BCUT2D eigenvalue weighted by atomic mass is 10.1. The first-order chi connectivity index (χ1) is 12.5. The van der Waals surface area contributed by atoms with Crippen molar-refractivity contribution in [1.29, 1.82) is 0 Å². The van der Waals surface area contributed by atoms with E-state index in [9.17, 15) is 9.18 Å². The second kappa shape index (κ2) is 9.40. The summed E-state index contributed by atoms with van der Waals surface area (Å²) < 4.78 is 20.1. The molecule has 0 saturated carbocycles. The van der Waals surface area contributed by atoms with E-state index in [2.05, 4.69) is 11.9 Å². The molecule has 0 bridgehead atoms. The maximum absolute atomic E-state index is 14.0. The molecule has 27 heavy (non-hydrogen) atoms. The highest BCUT2D eigenvalue weighted by atomic mass is 35.5. The molecule has 146 valence electrons. The molecule has 1 aliphatic rings. The van der Waals surface area contributed by atoms with E-state index in [0.29, 0.717) is 11.4 Å². The summed E-state index contributed by atoms with van der Waals surface area (Å²) in [7, 11) is 3.70. The van der Waals surface area contributed by atoms with Crippen LogP contribution >= 0.6 is 24.0 Å². The van der Waals surface area contributed by atoms with Gasteiger partial charge in [-0.1, -0.05) is 23.7 Å². The molecule has 1 amide bonds. The van der Waals surface area contributed by atoms with Gasteiger partial charge in [-0.25, -0.2) is 4.39 Å². The minimum Gasteiger partial charge on any atom is -0.490 e. The van der Waals surface area contributed by atoms with Gasteiger partial charge in [-0.2, -0.15) is 0 Å². The average Bonchev–Trinajstić information content (AvgIpc) is 2.63. The molecule has 1 heterocycles. The lowest BCUT2D eigenvalue weighted by molar-refractivity contribution is 0.0989. The van der Waals surface area contributed by atoms with E-state index in [1.54, 1.807) is 19.2 Å². The Morgan fingerprint density at radius 2 is 1.89 bits per heavy atom. The monoisotopic (exact) mass is 412 g/mol. The quantitative estimate of drug-likeness (QED) is 0.732. The largest absolute Gasteiger partial charge is 0.490 e. The standard InChI is InChI=1S/C20H22ClFN2O2.ClH/c1-23-11-9-15(10-12-23)26-16-6-3-5-14(13-16)24(2)20(25)19-17(21)7-4-8-18(19)22;/h3-8,13,15H,9-12H2,1-2H3;1H. The highest BCUT2D eigenvalue weighted by Gasteiger charge is 2.22. The van der Waals surface area contributed by atoms with E-state index in [-0.39, 0.29) is 29.1 Å². The Labute approximate surface area is 170 Å². The summed E-state index contributed by atoms with van der Waals surface area (Å²) >= 11 is 6.01. The van der Waals surface area contributed by atoms with Gasteiger partial charge in [0.25, 0.3) is 5.91 Å². The van der Waals surface area contributed by atoms with Gasteiger partial charge in [0.1, 0.15) is 17.7 Å². The molecule has 3 rings (SSSR count). The topological polar surface area (TPSA) is 32.8 Å². The lowest BCUT2D eigenvalue weighted by Gasteiger charge is -2.29. The number of amides is 1. The normalized spacial score (nSPS) is 15.1. The third kappa shape index (κ3) is 5.12. The van der Waals surface area contributed by atoms with Crippen molar-refractivity contribution in [2.75, 3.05) is 32.1 Å². The Hall–Kier alpha value is -1.82. The number of rotatable bonds is 4. The van der Waals surface area contributed by atoms with Gasteiger partial charge in [0.15, 0.2) is 0 Å². The van der Waals surface area contributed by atoms with Crippen molar-refractivity contribution in [3.05, 3.63) is 58.9 Å². The first-order valence-corrected chi connectivity index (χ1v) is 9.01. The van der Waals surface area contributed by atoms with Crippen molar-refractivity contribution < 1.29 is 13.9 Å². The molecular weight excluding hydrogens is 390 g/mol. The minimum atomic E-state index is -0.631. The second-order valence-electron chi connectivity index (χ2n) is 6.58. The van der Waals surface area contributed by atoms with Gasteiger partial charge in [0.2, 0.25) is 0 Å². The first kappa shape index (κ1) is 21.5. The highest BCUT2D eigenvalue weighted by Crippen LogP contribution is 2.27. The van der Waals surface area contributed by atoms with Crippen molar-refractivity contribution >= 4 is 35.6 Å². The molecule has 0 aromatic heterocycles. The summed E-state index contributed by atoms with van der Waals surface area (Å²) in [6, 6.07) is 11.5. The number of carbonyl (C=O) groups excluding carboxylic acids is 1. The van der Waals surface area contributed by atoms with Gasteiger partial charge >= 0.3 is 0 Å². The number of hydrogen-bond donors (Lipinski definition) is 0. The van der Waals surface area contributed by atoms with Crippen LogP contribution in [0.2, 0.25) is 5.02 Å². The van der Waals surface area contributed by atoms with Crippen LogP contribution in [0.15, 0.2) is 42.5 Å². The number of piperidine rings is 1. The Morgan fingerprint density at radius 3 is 2.56 bits per heavy atom. The molecule has 4 nitrogen and oxygen atoms in total.